The minimum Gasteiger partial charge on any atom is -0.313 e. The van der Waals surface area contributed by atoms with E-state index in [1.165, 1.54) is 18.1 Å². The van der Waals surface area contributed by atoms with Crippen LogP contribution in [0.2, 0.25) is 0 Å². The molecule has 1 nitrogen and oxygen atoms in total. The van der Waals surface area contributed by atoms with Crippen LogP contribution in [0.25, 0.3) is 0 Å². The Labute approximate surface area is 135 Å². The first-order valence-corrected chi connectivity index (χ1v) is 9.19. The second kappa shape index (κ2) is 9.80. The Morgan fingerprint density at radius 2 is 2.10 bits per heavy atom. The molecule has 0 aliphatic rings. The molecular formula is C16H25BrFNS. The molecule has 0 aliphatic carbocycles. The molecular weight excluding hydrogens is 337 g/mol. The molecule has 114 valence electrons. The fourth-order valence-corrected chi connectivity index (χ4v) is 3.35. The Morgan fingerprint density at radius 3 is 2.70 bits per heavy atom. The maximum absolute atomic E-state index is 13.3. The second-order valence-electron chi connectivity index (χ2n) is 5.16. The van der Waals surface area contributed by atoms with Gasteiger partial charge in [-0.15, -0.1) is 0 Å². The van der Waals surface area contributed by atoms with Crippen molar-refractivity contribution in [1.29, 1.82) is 0 Å². The average Bonchev–Trinajstić information content (AvgIpc) is 2.45. The quantitative estimate of drug-likeness (QED) is 0.661. The Hall–Kier alpha value is -0.0600. The number of nitrogens with one attached hydrogen (secondary N) is 1. The van der Waals surface area contributed by atoms with Crippen molar-refractivity contribution in [2.75, 3.05) is 12.3 Å². The van der Waals surface area contributed by atoms with E-state index >= 15 is 0 Å². The van der Waals surface area contributed by atoms with Crippen molar-refractivity contribution in [2.24, 2.45) is 0 Å². The lowest BCUT2D eigenvalue weighted by Crippen LogP contribution is -2.34. The van der Waals surface area contributed by atoms with Crippen LogP contribution in [0.4, 0.5) is 4.39 Å². The molecule has 1 aromatic rings. The van der Waals surface area contributed by atoms with Crippen LogP contribution in [0.3, 0.4) is 0 Å². The van der Waals surface area contributed by atoms with Crippen LogP contribution in [0.1, 0.15) is 39.2 Å². The number of rotatable bonds is 9. The van der Waals surface area contributed by atoms with Gasteiger partial charge in [-0.25, -0.2) is 4.39 Å². The third kappa shape index (κ3) is 6.59. The molecule has 0 saturated heterocycles. The Kier molecular flexibility index (Phi) is 8.82. The molecule has 0 fully saturated rings. The highest BCUT2D eigenvalue weighted by Crippen LogP contribution is 2.20. The number of hydrogen-bond donors (Lipinski definition) is 1. The van der Waals surface area contributed by atoms with Gasteiger partial charge in [0.2, 0.25) is 0 Å². The van der Waals surface area contributed by atoms with Crippen LogP contribution >= 0.6 is 27.7 Å². The van der Waals surface area contributed by atoms with E-state index in [0.717, 1.165) is 25.1 Å². The monoisotopic (exact) mass is 361 g/mol. The molecule has 20 heavy (non-hydrogen) atoms. The Bertz CT molecular complexity index is 400. The summed E-state index contributed by atoms with van der Waals surface area (Å²) in [6.45, 7) is 7.72. The largest absolute Gasteiger partial charge is 0.313 e. The molecule has 0 aliphatic heterocycles. The molecule has 0 spiro atoms. The van der Waals surface area contributed by atoms with Crippen molar-refractivity contribution in [3.8, 4) is 0 Å². The van der Waals surface area contributed by atoms with Crippen molar-refractivity contribution in [3.05, 3.63) is 34.1 Å². The van der Waals surface area contributed by atoms with E-state index in [-0.39, 0.29) is 5.82 Å². The van der Waals surface area contributed by atoms with Gasteiger partial charge in [-0.05, 0) is 59.4 Å². The first-order chi connectivity index (χ1) is 9.56. The van der Waals surface area contributed by atoms with Crippen LogP contribution < -0.4 is 5.32 Å². The van der Waals surface area contributed by atoms with Crippen LogP contribution in [-0.2, 0) is 6.42 Å². The van der Waals surface area contributed by atoms with Crippen LogP contribution in [0, 0.1) is 5.82 Å². The van der Waals surface area contributed by atoms with Crippen LogP contribution in [0.5, 0.6) is 0 Å². The van der Waals surface area contributed by atoms with E-state index in [4.69, 9.17) is 0 Å². The highest BCUT2D eigenvalue weighted by molar-refractivity contribution is 9.10. The molecule has 0 aromatic heterocycles. The molecule has 0 radical (unpaired) electrons. The molecule has 0 bridgehead atoms. The lowest BCUT2D eigenvalue weighted by Gasteiger charge is -2.20. The predicted molar refractivity (Wildman–Crippen MR) is 92.1 cm³/mol. The van der Waals surface area contributed by atoms with Gasteiger partial charge in [0.1, 0.15) is 5.82 Å². The summed E-state index contributed by atoms with van der Waals surface area (Å²) >= 11 is 5.27. The zero-order valence-electron chi connectivity index (χ0n) is 12.6. The van der Waals surface area contributed by atoms with Gasteiger partial charge in [-0.1, -0.05) is 26.8 Å². The summed E-state index contributed by atoms with van der Waals surface area (Å²) in [5.74, 6) is 0.907. The van der Waals surface area contributed by atoms with Gasteiger partial charge in [0.25, 0.3) is 0 Å². The summed E-state index contributed by atoms with van der Waals surface area (Å²) < 4.78 is 13.8. The summed E-state index contributed by atoms with van der Waals surface area (Å²) in [7, 11) is 0. The standard InChI is InChI=1S/C16H25BrFNS/c1-4-8-19-14(11-20-12(3)5-2)9-13-6-7-16(18)15(17)10-13/h6-7,10,12,14,19H,4-5,8-9,11H2,1-3H3. The van der Waals surface area contributed by atoms with E-state index in [1.54, 1.807) is 0 Å². The van der Waals surface area contributed by atoms with E-state index in [2.05, 4.69) is 42.0 Å². The number of halogens is 2. The Balaban J connectivity index is 2.60. The first-order valence-electron chi connectivity index (χ1n) is 7.35. The van der Waals surface area contributed by atoms with Crippen molar-refractivity contribution in [3.63, 3.8) is 0 Å². The highest BCUT2D eigenvalue weighted by Gasteiger charge is 2.12. The van der Waals surface area contributed by atoms with Crippen molar-refractivity contribution >= 4 is 27.7 Å². The zero-order chi connectivity index (χ0) is 15.0. The van der Waals surface area contributed by atoms with Crippen LogP contribution in [-0.4, -0.2) is 23.6 Å². The molecule has 2 unspecified atom stereocenters. The zero-order valence-corrected chi connectivity index (χ0v) is 15.0. The molecule has 0 saturated carbocycles. The smallest absolute Gasteiger partial charge is 0.137 e. The minimum absolute atomic E-state index is 0.194. The molecule has 1 N–H and O–H groups in total. The molecule has 0 amide bonds. The Morgan fingerprint density at radius 1 is 1.35 bits per heavy atom. The topological polar surface area (TPSA) is 12.0 Å². The lowest BCUT2D eigenvalue weighted by atomic mass is 10.1. The lowest BCUT2D eigenvalue weighted by molar-refractivity contribution is 0.548. The number of hydrogen-bond acceptors (Lipinski definition) is 2. The summed E-state index contributed by atoms with van der Waals surface area (Å²) in [6.07, 6.45) is 3.28. The first kappa shape index (κ1) is 18.0. The van der Waals surface area contributed by atoms with Gasteiger partial charge in [0.05, 0.1) is 4.47 Å². The summed E-state index contributed by atoms with van der Waals surface area (Å²) in [5, 5.41) is 4.30. The van der Waals surface area contributed by atoms with Gasteiger partial charge in [0.15, 0.2) is 0 Å². The number of benzene rings is 1. The van der Waals surface area contributed by atoms with Gasteiger partial charge >= 0.3 is 0 Å². The molecule has 0 heterocycles. The van der Waals surface area contributed by atoms with E-state index in [0.29, 0.717) is 15.8 Å². The van der Waals surface area contributed by atoms with Gasteiger partial charge < -0.3 is 5.32 Å². The summed E-state index contributed by atoms with van der Waals surface area (Å²) in [6, 6.07) is 5.77. The summed E-state index contributed by atoms with van der Waals surface area (Å²) in [4.78, 5) is 0. The average molecular weight is 362 g/mol. The second-order valence-corrected chi connectivity index (χ2v) is 7.48. The maximum atomic E-state index is 13.3. The van der Waals surface area contributed by atoms with Crippen molar-refractivity contribution < 1.29 is 4.39 Å². The van der Waals surface area contributed by atoms with Gasteiger partial charge in [-0.3, -0.25) is 0 Å². The summed E-state index contributed by atoms with van der Waals surface area (Å²) in [5.41, 5.74) is 1.18. The third-order valence-electron chi connectivity index (χ3n) is 3.31. The van der Waals surface area contributed by atoms with Crippen LogP contribution in [0.15, 0.2) is 22.7 Å². The maximum Gasteiger partial charge on any atom is 0.137 e. The third-order valence-corrected chi connectivity index (χ3v) is 5.41. The van der Waals surface area contributed by atoms with E-state index in [9.17, 15) is 4.39 Å². The molecule has 1 aromatic carbocycles. The van der Waals surface area contributed by atoms with Gasteiger partial charge in [-0.2, -0.15) is 11.8 Å². The van der Waals surface area contributed by atoms with Crippen molar-refractivity contribution in [2.45, 2.75) is 51.3 Å². The minimum atomic E-state index is -0.194. The molecule has 4 heteroatoms. The van der Waals surface area contributed by atoms with Crippen molar-refractivity contribution in [1.82, 2.24) is 5.32 Å². The van der Waals surface area contributed by atoms with Gasteiger partial charge in [0, 0.05) is 17.0 Å². The molecule has 2 atom stereocenters. The highest BCUT2D eigenvalue weighted by atomic mass is 79.9. The predicted octanol–water partition coefficient (Wildman–Crippen LogP) is 5.03. The number of thioether (sulfide) groups is 1. The normalized spacial score (nSPS) is 14.2. The van der Waals surface area contributed by atoms with E-state index in [1.807, 2.05) is 23.9 Å². The van der Waals surface area contributed by atoms with E-state index < -0.39 is 0 Å². The molecule has 1 rings (SSSR count). The fraction of sp³-hybridized carbons (Fsp3) is 0.625. The fourth-order valence-electron chi connectivity index (χ4n) is 1.89. The SMILES string of the molecule is CCCNC(CSC(C)CC)Cc1ccc(F)c(Br)c1.